The molecule has 0 unspecified atom stereocenters. The molecular weight excluding hydrogens is 292 g/mol. The number of nitrogens with zero attached hydrogens (tertiary/aromatic N) is 2. The Labute approximate surface area is 126 Å². The van der Waals surface area contributed by atoms with Gasteiger partial charge in [0.1, 0.15) is 0 Å². The van der Waals surface area contributed by atoms with E-state index in [1.54, 1.807) is 0 Å². The minimum absolute atomic E-state index is 0.0404. The minimum Gasteiger partial charge on any atom is -0.469 e. The third kappa shape index (κ3) is 5.45. The van der Waals surface area contributed by atoms with Crippen LogP contribution in [0.3, 0.4) is 0 Å². The van der Waals surface area contributed by atoms with E-state index in [2.05, 4.69) is 4.74 Å². The summed E-state index contributed by atoms with van der Waals surface area (Å²) in [6.45, 7) is 0.486. The highest BCUT2D eigenvalue weighted by Crippen LogP contribution is 2.07. The van der Waals surface area contributed by atoms with Gasteiger partial charge in [-0.15, -0.1) is 0 Å². The fraction of sp³-hybridized carbons (Fsp3) is 0.500. The van der Waals surface area contributed by atoms with Crippen LogP contribution in [0.4, 0.5) is 0 Å². The molecule has 0 amide bonds. The number of ether oxygens (including phenoxy) is 1. The third-order valence-corrected chi connectivity index (χ3v) is 5.15. The highest BCUT2D eigenvalue weighted by Gasteiger charge is 2.23. The molecule has 0 saturated heterocycles. The summed E-state index contributed by atoms with van der Waals surface area (Å²) in [7, 11) is 0.717. The first-order valence-electron chi connectivity index (χ1n) is 6.66. The smallest absolute Gasteiger partial charge is 0.306 e. The minimum atomic E-state index is -3.55. The molecule has 0 heterocycles. The predicted octanol–water partition coefficient (Wildman–Crippen LogP) is 0.901. The largest absolute Gasteiger partial charge is 0.469 e. The standard InChI is InChI=1S/C14H22N2O4S/c1-15(11-9-13-7-5-4-6-8-13)21(18,19)16(2)12-10-14(17)20-3/h4-8H,9-12H2,1-3H3. The Morgan fingerprint density at radius 3 is 2.24 bits per heavy atom. The summed E-state index contributed by atoms with van der Waals surface area (Å²) in [5.41, 5.74) is 1.08. The SMILES string of the molecule is COC(=O)CCN(C)S(=O)(=O)N(C)CCc1ccccc1. The molecule has 1 rings (SSSR count). The first-order valence-corrected chi connectivity index (χ1v) is 8.06. The summed E-state index contributed by atoms with van der Waals surface area (Å²) in [6.07, 6.45) is 0.681. The molecule has 7 heteroatoms. The predicted molar refractivity (Wildman–Crippen MR) is 81.0 cm³/mol. The summed E-state index contributed by atoms with van der Waals surface area (Å²) < 4.78 is 31.5. The summed E-state index contributed by atoms with van der Waals surface area (Å²) >= 11 is 0. The molecule has 0 N–H and O–H groups in total. The lowest BCUT2D eigenvalue weighted by atomic mass is 10.2. The molecular formula is C14H22N2O4S. The van der Waals surface area contributed by atoms with Crippen LogP contribution in [-0.2, 0) is 26.2 Å². The quantitative estimate of drug-likeness (QED) is 0.669. The normalized spacial score (nSPS) is 11.9. The van der Waals surface area contributed by atoms with Gasteiger partial charge in [-0.1, -0.05) is 30.3 Å². The van der Waals surface area contributed by atoms with Crippen LogP contribution in [0.15, 0.2) is 30.3 Å². The van der Waals surface area contributed by atoms with Gasteiger partial charge < -0.3 is 4.74 Å². The maximum atomic E-state index is 12.3. The van der Waals surface area contributed by atoms with Crippen molar-refractivity contribution in [3.8, 4) is 0 Å². The first-order chi connectivity index (χ1) is 9.87. The van der Waals surface area contributed by atoms with Gasteiger partial charge >= 0.3 is 5.97 Å². The summed E-state index contributed by atoms with van der Waals surface area (Å²) in [5.74, 6) is -0.427. The number of likely N-dealkylation sites (N-methyl/N-ethyl adjacent to an activating group) is 1. The van der Waals surface area contributed by atoms with E-state index in [1.165, 1.54) is 25.5 Å². The Bertz CT molecular complexity index is 545. The Morgan fingerprint density at radius 1 is 1.10 bits per heavy atom. The highest BCUT2D eigenvalue weighted by molar-refractivity contribution is 7.86. The number of carbonyl (C=O) groups is 1. The lowest BCUT2D eigenvalue weighted by Crippen LogP contribution is -2.41. The van der Waals surface area contributed by atoms with Crippen molar-refractivity contribution in [2.75, 3.05) is 34.3 Å². The molecule has 0 aliphatic carbocycles. The summed E-state index contributed by atoms with van der Waals surface area (Å²) in [5, 5.41) is 0. The van der Waals surface area contributed by atoms with Gasteiger partial charge in [0.2, 0.25) is 0 Å². The zero-order valence-electron chi connectivity index (χ0n) is 12.7. The average Bonchev–Trinajstić information content (AvgIpc) is 2.50. The van der Waals surface area contributed by atoms with Gasteiger partial charge in [0.25, 0.3) is 10.2 Å². The number of hydrogen-bond acceptors (Lipinski definition) is 4. The molecule has 21 heavy (non-hydrogen) atoms. The lowest BCUT2D eigenvalue weighted by molar-refractivity contribution is -0.140. The van der Waals surface area contributed by atoms with Crippen molar-refractivity contribution in [2.45, 2.75) is 12.8 Å². The van der Waals surface area contributed by atoms with Crippen molar-refractivity contribution < 1.29 is 17.9 Å². The number of esters is 1. The molecule has 0 spiro atoms. The zero-order valence-corrected chi connectivity index (χ0v) is 13.5. The third-order valence-electron chi connectivity index (χ3n) is 3.20. The first kappa shape index (κ1) is 17.6. The van der Waals surface area contributed by atoms with Gasteiger partial charge in [-0.05, 0) is 12.0 Å². The molecule has 1 aromatic carbocycles. The van der Waals surface area contributed by atoms with Crippen molar-refractivity contribution in [3.63, 3.8) is 0 Å². The molecule has 0 aromatic heterocycles. The van der Waals surface area contributed by atoms with Gasteiger partial charge in [-0.3, -0.25) is 4.79 Å². The van der Waals surface area contributed by atoms with Crippen LogP contribution >= 0.6 is 0 Å². The van der Waals surface area contributed by atoms with E-state index < -0.39 is 16.2 Å². The molecule has 0 aliphatic rings. The van der Waals surface area contributed by atoms with E-state index in [0.717, 1.165) is 9.87 Å². The van der Waals surface area contributed by atoms with Crippen LogP contribution in [0.5, 0.6) is 0 Å². The van der Waals surface area contributed by atoms with Gasteiger partial charge in [0.15, 0.2) is 0 Å². The maximum Gasteiger partial charge on any atom is 0.306 e. The maximum absolute atomic E-state index is 12.3. The molecule has 0 bridgehead atoms. The van der Waals surface area contributed by atoms with Crippen LogP contribution in [0, 0.1) is 0 Å². The van der Waals surface area contributed by atoms with Gasteiger partial charge in [-0.2, -0.15) is 17.0 Å². The number of benzene rings is 1. The van der Waals surface area contributed by atoms with E-state index in [-0.39, 0.29) is 13.0 Å². The summed E-state index contributed by atoms with van der Waals surface area (Å²) in [6, 6.07) is 9.69. The number of methoxy groups -OCH3 is 1. The van der Waals surface area contributed by atoms with E-state index >= 15 is 0 Å². The van der Waals surface area contributed by atoms with Crippen LogP contribution in [-0.4, -0.2) is 57.3 Å². The van der Waals surface area contributed by atoms with E-state index in [0.29, 0.717) is 13.0 Å². The van der Waals surface area contributed by atoms with Crippen molar-refractivity contribution >= 4 is 16.2 Å². The zero-order chi connectivity index (χ0) is 15.9. The molecule has 6 nitrogen and oxygen atoms in total. The molecule has 118 valence electrons. The topological polar surface area (TPSA) is 66.9 Å². The molecule has 1 aromatic rings. The van der Waals surface area contributed by atoms with E-state index in [4.69, 9.17) is 0 Å². The molecule has 0 aliphatic heterocycles. The second-order valence-corrected chi connectivity index (χ2v) is 6.85. The fourth-order valence-electron chi connectivity index (χ4n) is 1.75. The van der Waals surface area contributed by atoms with Crippen LogP contribution in [0.1, 0.15) is 12.0 Å². The summed E-state index contributed by atoms with van der Waals surface area (Å²) in [4.78, 5) is 11.1. The highest BCUT2D eigenvalue weighted by atomic mass is 32.2. The second-order valence-electron chi connectivity index (χ2n) is 4.71. The van der Waals surface area contributed by atoms with Crippen LogP contribution in [0.25, 0.3) is 0 Å². The van der Waals surface area contributed by atoms with Gasteiger partial charge in [0, 0.05) is 27.2 Å². The van der Waals surface area contributed by atoms with E-state index in [1.807, 2.05) is 30.3 Å². The monoisotopic (exact) mass is 314 g/mol. The molecule has 0 atom stereocenters. The Hall–Kier alpha value is -1.44. The van der Waals surface area contributed by atoms with Crippen molar-refractivity contribution in [3.05, 3.63) is 35.9 Å². The Balaban J connectivity index is 2.54. The van der Waals surface area contributed by atoms with Crippen molar-refractivity contribution in [2.24, 2.45) is 0 Å². The number of carbonyl (C=O) groups excluding carboxylic acids is 1. The van der Waals surface area contributed by atoms with Gasteiger partial charge in [-0.25, -0.2) is 0 Å². The fourth-order valence-corrected chi connectivity index (χ4v) is 2.87. The molecule has 0 radical (unpaired) electrons. The Kier molecular flexibility index (Phi) is 6.80. The van der Waals surface area contributed by atoms with Gasteiger partial charge in [0.05, 0.1) is 13.5 Å². The van der Waals surface area contributed by atoms with Crippen LogP contribution in [0.2, 0.25) is 0 Å². The number of hydrogen-bond donors (Lipinski definition) is 0. The van der Waals surface area contributed by atoms with Crippen molar-refractivity contribution in [1.82, 2.24) is 8.61 Å². The second kappa shape index (κ2) is 8.11. The van der Waals surface area contributed by atoms with E-state index in [9.17, 15) is 13.2 Å². The lowest BCUT2D eigenvalue weighted by Gasteiger charge is -2.24. The Morgan fingerprint density at radius 2 is 1.67 bits per heavy atom. The number of rotatable bonds is 8. The molecule has 0 fully saturated rings. The van der Waals surface area contributed by atoms with Crippen LogP contribution < -0.4 is 0 Å². The van der Waals surface area contributed by atoms with Crippen molar-refractivity contribution in [1.29, 1.82) is 0 Å². The molecule has 0 saturated carbocycles. The average molecular weight is 314 g/mol.